The number of fused-ring (bicyclic) bond motifs is 1. The number of para-hydroxylation sites is 1. The molecule has 152 valence electrons. The van der Waals surface area contributed by atoms with Gasteiger partial charge in [-0.15, -0.1) is 11.8 Å². The fourth-order valence-corrected chi connectivity index (χ4v) is 4.62. The molecule has 1 N–H and O–H groups in total. The van der Waals surface area contributed by atoms with Gasteiger partial charge in [-0.05, 0) is 37.1 Å². The summed E-state index contributed by atoms with van der Waals surface area (Å²) >= 11 is 1.86. The van der Waals surface area contributed by atoms with Gasteiger partial charge in [-0.2, -0.15) is 0 Å². The molecule has 0 bridgehead atoms. The monoisotopic (exact) mass is 414 g/mol. The third-order valence-corrected chi connectivity index (χ3v) is 6.41. The molecular formula is C26H26N2OS. The molecule has 0 aliphatic carbocycles. The molecule has 0 fully saturated rings. The van der Waals surface area contributed by atoms with Crippen LogP contribution < -0.4 is 5.32 Å². The summed E-state index contributed by atoms with van der Waals surface area (Å²) < 4.78 is 2.24. The largest absolute Gasteiger partial charge is 0.350 e. The lowest BCUT2D eigenvalue weighted by Crippen LogP contribution is -2.27. The van der Waals surface area contributed by atoms with Gasteiger partial charge in [0.1, 0.15) is 0 Å². The number of amides is 1. The average molecular weight is 415 g/mol. The number of thioether (sulfide) groups is 1. The minimum Gasteiger partial charge on any atom is -0.350 e. The highest BCUT2D eigenvalue weighted by atomic mass is 32.2. The first-order chi connectivity index (χ1) is 14.6. The second-order valence-electron chi connectivity index (χ2n) is 7.55. The van der Waals surface area contributed by atoms with Gasteiger partial charge in [-0.1, -0.05) is 66.2 Å². The highest BCUT2D eigenvalue weighted by Crippen LogP contribution is 2.32. The molecule has 0 unspecified atom stereocenters. The highest BCUT2D eigenvalue weighted by molar-refractivity contribution is 7.98. The third kappa shape index (κ3) is 4.60. The van der Waals surface area contributed by atoms with Gasteiger partial charge < -0.3 is 9.88 Å². The number of rotatable bonds is 7. The number of carbonyl (C=O) groups is 1. The fourth-order valence-electron chi connectivity index (χ4n) is 3.57. The lowest BCUT2D eigenvalue weighted by molar-refractivity contribution is 0.0952. The maximum absolute atomic E-state index is 12.5. The van der Waals surface area contributed by atoms with Crippen molar-refractivity contribution in [3.05, 3.63) is 101 Å². The Morgan fingerprint density at radius 2 is 1.67 bits per heavy atom. The van der Waals surface area contributed by atoms with Crippen molar-refractivity contribution in [2.45, 2.75) is 31.0 Å². The molecule has 0 atom stereocenters. The van der Waals surface area contributed by atoms with E-state index in [0.717, 1.165) is 23.4 Å². The quantitative estimate of drug-likeness (QED) is 0.377. The van der Waals surface area contributed by atoms with E-state index in [4.69, 9.17) is 0 Å². The van der Waals surface area contributed by atoms with E-state index in [0.29, 0.717) is 6.54 Å². The highest BCUT2D eigenvalue weighted by Gasteiger charge is 2.11. The van der Waals surface area contributed by atoms with E-state index in [9.17, 15) is 4.79 Å². The first-order valence-corrected chi connectivity index (χ1v) is 11.2. The molecule has 1 amide bonds. The van der Waals surface area contributed by atoms with Crippen LogP contribution in [-0.4, -0.2) is 17.0 Å². The number of nitrogens with one attached hydrogen (secondary N) is 1. The zero-order chi connectivity index (χ0) is 20.9. The van der Waals surface area contributed by atoms with Crippen LogP contribution in [0.25, 0.3) is 10.9 Å². The molecule has 4 heteroatoms. The molecular weight excluding hydrogens is 388 g/mol. The van der Waals surface area contributed by atoms with Gasteiger partial charge in [0, 0.05) is 46.4 Å². The first kappa shape index (κ1) is 20.3. The number of aromatic nitrogens is 1. The Morgan fingerprint density at radius 1 is 0.933 bits per heavy atom. The number of hydrogen-bond donors (Lipinski definition) is 1. The van der Waals surface area contributed by atoms with Gasteiger partial charge in [0.25, 0.3) is 5.91 Å². The Kier molecular flexibility index (Phi) is 6.24. The Bertz CT molecular complexity index is 1160. The molecule has 4 aromatic rings. The average Bonchev–Trinajstić information content (AvgIpc) is 3.11. The van der Waals surface area contributed by atoms with Gasteiger partial charge >= 0.3 is 0 Å². The smallest absolute Gasteiger partial charge is 0.251 e. The second kappa shape index (κ2) is 9.23. The van der Waals surface area contributed by atoms with Crippen LogP contribution in [0, 0.1) is 13.8 Å². The van der Waals surface area contributed by atoms with Crippen LogP contribution in [0.3, 0.4) is 0 Å². The van der Waals surface area contributed by atoms with Crippen LogP contribution >= 0.6 is 11.8 Å². The molecule has 4 rings (SSSR count). The van der Waals surface area contributed by atoms with Crippen LogP contribution in [0.5, 0.6) is 0 Å². The molecule has 0 saturated carbocycles. The molecule has 0 aliphatic heterocycles. The van der Waals surface area contributed by atoms with Crippen LogP contribution in [-0.2, 0) is 12.3 Å². The molecule has 30 heavy (non-hydrogen) atoms. The van der Waals surface area contributed by atoms with Crippen molar-refractivity contribution in [3.63, 3.8) is 0 Å². The Labute approximate surface area is 182 Å². The summed E-state index contributed by atoms with van der Waals surface area (Å²) in [5.74, 6) is 0.928. The van der Waals surface area contributed by atoms with Crippen molar-refractivity contribution >= 4 is 28.6 Å². The Morgan fingerprint density at radius 3 is 2.47 bits per heavy atom. The van der Waals surface area contributed by atoms with Crippen LogP contribution in [0.2, 0.25) is 0 Å². The zero-order valence-corrected chi connectivity index (χ0v) is 18.2. The van der Waals surface area contributed by atoms with Crippen molar-refractivity contribution in [2.75, 3.05) is 6.54 Å². The molecule has 0 aliphatic rings. The summed E-state index contributed by atoms with van der Waals surface area (Å²) in [6, 6.07) is 24.9. The van der Waals surface area contributed by atoms with Crippen molar-refractivity contribution in [2.24, 2.45) is 0 Å². The third-order valence-electron chi connectivity index (χ3n) is 5.29. The minimum atomic E-state index is -0.0152. The zero-order valence-electron chi connectivity index (χ0n) is 17.4. The number of carbonyl (C=O) groups excluding carboxylic acids is 1. The summed E-state index contributed by atoms with van der Waals surface area (Å²) in [6.45, 7) is 5.41. The molecule has 1 aromatic heterocycles. The molecule has 0 saturated heterocycles. The fraction of sp³-hybridized carbons (Fsp3) is 0.192. The second-order valence-corrected chi connectivity index (χ2v) is 8.57. The van der Waals surface area contributed by atoms with E-state index in [1.54, 1.807) is 0 Å². The summed E-state index contributed by atoms with van der Waals surface area (Å²) in [5.41, 5.74) is 5.55. The lowest BCUT2D eigenvalue weighted by atomic mass is 10.1. The summed E-state index contributed by atoms with van der Waals surface area (Å²) in [4.78, 5) is 13.8. The topological polar surface area (TPSA) is 34.0 Å². The molecule has 0 spiro atoms. The maximum atomic E-state index is 12.5. The van der Waals surface area contributed by atoms with Crippen LogP contribution in [0.15, 0.2) is 83.9 Å². The normalized spacial score (nSPS) is 11.0. The Balaban J connectivity index is 1.44. The first-order valence-electron chi connectivity index (χ1n) is 10.2. The molecule has 0 radical (unpaired) electrons. The van der Waals surface area contributed by atoms with Crippen molar-refractivity contribution in [3.8, 4) is 0 Å². The van der Waals surface area contributed by atoms with Gasteiger partial charge in [-0.25, -0.2) is 0 Å². The van der Waals surface area contributed by atoms with E-state index in [2.05, 4.69) is 71.5 Å². The number of nitrogens with zero attached hydrogens (tertiary/aromatic N) is 1. The van der Waals surface area contributed by atoms with E-state index in [1.807, 2.05) is 43.0 Å². The van der Waals surface area contributed by atoms with Crippen LogP contribution in [0.4, 0.5) is 0 Å². The minimum absolute atomic E-state index is 0.0152. The van der Waals surface area contributed by atoms with Gasteiger partial charge in [-0.3, -0.25) is 4.79 Å². The summed E-state index contributed by atoms with van der Waals surface area (Å²) in [6.07, 6.45) is 2.21. The van der Waals surface area contributed by atoms with Crippen molar-refractivity contribution in [1.29, 1.82) is 0 Å². The standard InChI is InChI=1S/C26H26N2OS/c1-19-11-13-21(14-12-19)18-30-25-17-28(24-10-6-5-9-23(24)25)16-15-27-26(29)22-8-4-3-7-20(22)2/h3-14,17H,15-16,18H2,1-2H3,(H,27,29). The van der Waals surface area contributed by atoms with Gasteiger partial charge in [0.2, 0.25) is 0 Å². The SMILES string of the molecule is Cc1ccc(CSc2cn(CCNC(=O)c3ccccc3C)c3ccccc23)cc1. The predicted molar refractivity (Wildman–Crippen MR) is 126 cm³/mol. The summed E-state index contributed by atoms with van der Waals surface area (Å²) in [5, 5.41) is 4.32. The maximum Gasteiger partial charge on any atom is 0.251 e. The van der Waals surface area contributed by atoms with E-state index >= 15 is 0 Å². The Hall–Kier alpha value is -2.98. The van der Waals surface area contributed by atoms with Crippen molar-refractivity contribution < 1.29 is 4.79 Å². The van der Waals surface area contributed by atoms with Gasteiger partial charge in [0.15, 0.2) is 0 Å². The van der Waals surface area contributed by atoms with E-state index in [-0.39, 0.29) is 5.91 Å². The molecule has 3 nitrogen and oxygen atoms in total. The molecule has 3 aromatic carbocycles. The van der Waals surface area contributed by atoms with E-state index in [1.165, 1.54) is 26.9 Å². The van der Waals surface area contributed by atoms with Crippen LogP contribution in [0.1, 0.15) is 27.0 Å². The number of aryl methyl sites for hydroxylation is 2. The summed E-state index contributed by atoms with van der Waals surface area (Å²) in [7, 11) is 0. The number of hydrogen-bond acceptors (Lipinski definition) is 2. The van der Waals surface area contributed by atoms with E-state index < -0.39 is 0 Å². The molecule has 1 heterocycles. The predicted octanol–water partition coefficient (Wildman–Crippen LogP) is 5.98. The van der Waals surface area contributed by atoms with Crippen molar-refractivity contribution in [1.82, 2.24) is 9.88 Å². The number of benzene rings is 3. The van der Waals surface area contributed by atoms with Gasteiger partial charge in [0.05, 0.1) is 0 Å². The lowest BCUT2D eigenvalue weighted by Gasteiger charge is -2.09.